The molecule has 0 bridgehead atoms. The highest BCUT2D eigenvalue weighted by Crippen LogP contribution is 2.44. The molecule has 19 heteroatoms. The van der Waals surface area contributed by atoms with Crippen LogP contribution in [0.3, 0.4) is 0 Å². The van der Waals surface area contributed by atoms with Crippen LogP contribution in [-0.4, -0.2) is 34.3 Å². The van der Waals surface area contributed by atoms with Crippen LogP contribution < -0.4 is 13.1 Å². The fourth-order valence-corrected chi connectivity index (χ4v) is 4.72. The monoisotopic (exact) mass is 718 g/mol. The standard InChI is InChI=1S/C28H16F10O7S2/c29-25(30)26(31,32)23-15-19(18-4-2-6-22(14-18)45-47(41,42)28(36,37)38)9-12-24(23)43-20-10-7-16(8-11-20)17-3-1-5-21(13-17)44-46(39,40)27(33,34)35/h1-15,25H. The molecule has 0 atom stereocenters. The second-order valence-corrected chi connectivity index (χ2v) is 12.4. The van der Waals surface area contributed by atoms with Crippen molar-refractivity contribution in [2.75, 3.05) is 0 Å². The molecule has 0 spiro atoms. The van der Waals surface area contributed by atoms with Gasteiger partial charge in [-0.1, -0.05) is 42.5 Å². The highest BCUT2D eigenvalue weighted by molar-refractivity contribution is 7.88. The molecule has 0 aromatic heterocycles. The van der Waals surface area contributed by atoms with Gasteiger partial charge in [-0.3, -0.25) is 0 Å². The van der Waals surface area contributed by atoms with Crippen LogP contribution in [0.15, 0.2) is 91.0 Å². The molecular formula is C28H16F10O7S2. The van der Waals surface area contributed by atoms with E-state index in [1.54, 1.807) is 0 Å². The topological polar surface area (TPSA) is 96.0 Å². The van der Waals surface area contributed by atoms with Crippen LogP contribution in [0.1, 0.15) is 5.56 Å². The van der Waals surface area contributed by atoms with Gasteiger partial charge in [-0.25, -0.2) is 8.78 Å². The summed E-state index contributed by atoms with van der Waals surface area (Å²) < 4.78 is 191. The highest BCUT2D eigenvalue weighted by Gasteiger charge is 2.49. The summed E-state index contributed by atoms with van der Waals surface area (Å²) in [5.41, 5.74) is -12.8. The van der Waals surface area contributed by atoms with Gasteiger partial charge in [0.15, 0.2) is 0 Å². The average Bonchev–Trinajstić information content (AvgIpc) is 2.96. The molecule has 4 aromatic carbocycles. The third-order valence-electron chi connectivity index (χ3n) is 6.01. The van der Waals surface area contributed by atoms with Crippen molar-refractivity contribution in [1.82, 2.24) is 0 Å². The van der Waals surface area contributed by atoms with E-state index < -0.39 is 66.4 Å². The van der Waals surface area contributed by atoms with Crippen LogP contribution in [-0.2, 0) is 26.2 Å². The largest absolute Gasteiger partial charge is 0.534 e. The fourth-order valence-electron chi connectivity index (χ4n) is 3.82. The Balaban J connectivity index is 1.64. The van der Waals surface area contributed by atoms with Gasteiger partial charge in [0.25, 0.3) is 0 Å². The van der Waals surface area contributed by atoms with Crippen LogP contribution >= 0.6 is 0 Å². The van der Waals surface area contributed by atoms with Crippen molar-refractivity contribution >= 4 is 20.2 Å². The first-order chi connectivity index (χ1) is 21.6. The molecular weight excluding hydrogens is 702 g/mol. The SMILES string of the molecule is O=S(=O)(Oc1cccc(-c2ccc(Oc3ccc(-c4cccc(OS(=O)(=O)C(F)(F)F)c4)cc3C(F)(F)C(F)F)cc2)c1)C(F)(F)F. The van der Waals surface area contributed by atoms with Crippen molar-refractivity contribution in [3.63, 3.8) is 0 Å². The molecule has 0 amide bonds. The number of hydrogen-bond acceptors (Lipinski definition) is 7. The summed E-state index contributed by atoms with van der Waals surface area (Å²) in [6.45, 7) is 0. The number of rotatable bonds is 10. The predicted molar refractivity (Wildman–Crippen MR) is 145 cm³/mol. The van der Waals surface area contributed by atoms with Gasteiger partial charge in [0, 0.05) is 0 Å². The maximum Gasteiger partial charge on any atom is 0.534 e. The Morgan fingerprint density at radius 1 is 0.511 bits per heavy atom. The number of benzene rings is 4. The Morgan fingerprint density at radius 2 is 0.936 bits per heavy atom. The zero-order chi connectivity index (χ0) is 35.0. The minimum atomic E-state index is -6.08. The smallest absolute Gasteiger partial charge is 0.457 e. The van der Waals surface area contributed by atoms with E-state index in [9.17, 15) is 60.7 Å². The van der Waals surface area contributed by atoms with Crippen molar-refractivity contribution in [3.05, 3.63) is 96.6 Å². The molecule has 0 saturated heterocycles. The molecule has 0 heterocycles. The summed E-state index contributed by atoms with van der Waals surface area (Å²) in [6, 6.07) is 15.7. The molecule has 0 N–H and O–H groups in total. The van der Waals surface area contributed by atoms with Crippen molar-refractivity contribution in [1.29, 1.82) is 0 Å². The van der Waals surface area contributed by atoms with Gasteiger partial charge in [0.1, 0.15) is 23.0 Å². The fraction of sp³-hybridized carbons (Fsp3) is 0.143. The van der Waals surface area contributed by atoms with E-state index in [4.69, 9.17) is 4.74 Å². The molecule has 0 radical (unpaired) electrons. The normalized spacial score (nSPS) is 13.0. The van der Waals surface area contributed by atoms with Gasteiger partial charge in [-0.2, -0.15) is 52.0 Å². The lowest BCUT2D eigenvalue weighted by atomic mass is 9.99. The van der Waals surface area contributed by atoms with Crippen molar-refractivity contribution in [3.8, 4) is 45.3 Å². The number of alkyl halides is 10. The van der Waals surface area contributed by atoms with E-state index >= 15 is 0 Å². The molecule has 0 aliphatic carbocycles. The van der Waals surface area contributed by atoms with E-state index in [2.05, 4.69) is 8.37 Å². The molecule has 47 heavy (non-hydrogen) atoms. The second-order valence-electron chi connectivity index (χ2n) is 9.28. The first-order valence-corrected chi connectivity index (χ1v) is 15.2. The molecule has 0 fully saturated rings. The molecule has 7 nitrogen and oxygen atoms in total. The van der Waals surface area contributed by atoms with Crippen molar-refractivity contribution < 1.29 is 73.8 Å². The van der Waals surface area contributed by atoms with Gasteiger partial charge in [0.2, 0.25) is 0 Å². The average molecular weight is 719 g/mol. The van der Waals surface area contributed by atoms with Gasteiger partial charge < -0.3 is 13.1 Å². The molecule has 4 aromatic rings. The van der Waals surface area contributed by atoms with E-state index in [-0.39, 0.29) is 28.0 Å². The Morgan fingerprint density at radius 3 is 1.38 bits per heavy atom. The summed E-state index contributed by atoms with van der Waals surface area (Å²) in [5.74, 6) is -7.30. The lowest BCUT2D eigenvalue weighted by molar-refractivity contribution is -0.135. The molecule has 0 unspecified atom stereocenters. The van der Waals surface area contributed by atoms with E-state index in [1.165, 1.54) is 36.4 Å². The first-order valence-electron chi connectivity index (χ1n) is 12.4. The second kappa shape index (κ2) is 12.6. The molecule has 0 saturated carbocycles. The van der Waals surface area contributed by atoms with Gasteiger partial charge in [-0.15, -0.1) is 0 Å². The van der Waals surface area contributed by atoms with Gasteiger partial charge in [-0.05, 0) is 70.8 Å². The minimum Gasteiger partial charge on any atom is -0.457 e. The minimum absolute atomic E-state index is 0.162. The zero-order valence-corrected chi connectivity index (χ0v) is 24.3. The van der Waals surface area contributed by atoms with Crippen LogP contribution in [0.2, 0.25) is 0 Å². The summed E-state index contributed by atoms with van der Waals surface area (Å²) >= 11 is 0. The summed E-state index contributed by atoms with van der Waals surface area (Å²) in [7, 11) is -12.0. The van der Waals surface area contributed by atoms with E-state index in [0.717, 1.165) is 48.5 Å². The Kier molecular flexibility index (Phi) is 9.46. The number of hydrogen-bond donors (Lipinski definition) is 0. The summed E-state index contributed by atoms with van der Waals surface area (Å²) in [6.07, 6.45) is -4.25. The zero-order valence-electron chi connectivity index (χ0n) is 22.7. The third-order valence-corrected chi connectivity index (χ3v) is 7.97. The number of halogens is 10. The maximum atomic E-state index is 14.7. The Hall–Kier alpha value is -4.52. The van der Waals surface area contributed by atoms with Crippen LogP contribution in [0.5, 0.6) is 23.0 Å². The van der Waals surface area contributed by atoms with Crippen molar-refractivity contribution in [2.45, 2.75) is 23.4 Å². The van der Waals surface area contributed by atoms with Crippen LogP contribution in [0.4, 0.5) is 43.9 Å². The van der Waals surface area contributed by atoms with Crippen LogP contribution in [0.25, 0.3) is 22.3 Å². The van der Waals surface area contributed by atoms with Crippen LogP contribution in [0, 0.1) is 0 Å². The molecule has 252 valence electrons. The van der Waals surface area contributed by atoms with E-state index in [0.29, 0.717) is 6.07 Å². The first kappa shape index (κ1) is 35.3. The maximum absolute atomic E-state index is 14.7. The molecule has 0 aliphatic heterocycles. The highest BCUT2D eigenvalue weighted by atomic mass is 32.2. The Labute approximate surface area is 259 Å². The molecule has 0 aliphatic rings. The predicted octanol–water partition coefficient (Wildman–Crippen LogP) is 8.63. The van der Waals surface area contributed by atoms with E-state index in [1.807, 2.05) is 0 Å². The van der Waals surface area contributed by atoms with Gasteiger partial charge in [0.05, 0.1) is 5.56 Å². The lowest BCUT2D eigenvalue weighted by Gasteiger charge is -2.21. The van der Waals surface area contributed by atoms with Gasteiger partial charge >= 0.3 is 43.6 Å². The third kappa shape index (κ3) is 7.90. The summed E-state index contributed by atoms with van der Waals surface area (Å²) in [5, 5.41) is 0. The lowest BCUT2D eigenvalue weighted by Crippen LogP contribution is -2.28. The summed E-state index contributed by atoms with van der Waals surface area (Å²) in [4.78, 5) is 0. The quantitative estimate of drug-likeness (QED) is 0.0921. The Bertz CT molecular complexity index is 1980. The molecule has 4 rings (SSSR count). The number of ether oxygens (including phenoxy) is 1. The van der Waals surface area contributed by atoms with Crippen molar-refractivity contribution in [2.24, 2.45) is 0 Å².